The first kappa shape index (κ1) is 18.1. The van der Waals surface area contributed by atoms with E-state index in [1.165, 1.54) is 0 Å². The Morgan fingerprint density at radius 3 is 0.818 bits per heavy atom. The van der Waals surface area contributed by atoms with Crippen LogP contribution in [-0.4, -0.2) is 21.1 Å². The molecule has 0 amide bonds. The van der Waals surface area contributed by atoms with Crippen molar-refractivity contribution in [3.63, 3.8) is 0 Å². The molecule has 11 heavy (non-hydrogen) atoms. The van der Waals surface area contributed by atoms with Gasteiger partial charge in [0.25, 0.3) is 0 Å². The van der Waals surface area contributed by atoms with Gasteiger partial charge in [-0.2, -0.15) is 9.90 Å². The van der Waals surface area contributed by atoms with E-state index in [1.54, 1.807) is 0 Å². The second-order valence-corrected chi connectivity index (χ2v) is 6.75. The summed E-state index contributed by atoms with van der Waals surface area (Å²) in [5, 5.41) is 0. The Hall–Kier alpha value is 1.24. The van der Waals surface area contributed by atoms with Crippen LogP contribution in [-0.2, 0) is 0 Å². The van der Waals surface area contributed by atoms with Crippen molar-refractivity contribution in [2.75, 3.05) is 0 Å². The fourth-order valence-electron chi connectivity index (χ4n) is 0. The minimum atomic E-state index is -10.7. The molecule has 0 N–H and O–H groups in total. The summed E-state index contributed by atoms with van der Waals surface area (Å²) in [5.74, 6) is 0. The van der Waals surface area contributed by atoms with Crippen LogP contribution in [0.4, 0.5) is 25.2 Å². The number of hydrogen-bond donors (Lipinski definition) is 0. The van der Waals surface area contributed by atoms with Crippen molar-refractivity contribution in [1.82, 2.24) is 0 Å². The van der Waals surface area contributed by atoms with E-state index in [0.29, 0.717) is 0 Å². The van der Waals surface area contributed by atoms with E-state index < -0.39 is 7.81 Å². The van der Waals surface area contributed by atoms with Gasteiger partial charge in [-0.15, -0.1) is 0 Å². The Morgan fingerprint density at radius 1 is 0.818 bits per heavy atom. The Bertz CT molecular complexity index is 87.9. The van der Waals surface area contributed by atoms with Crippen molar-refractivity contribution < 1.29 is 25.2 Å². The maximum atomic E-state index is 9.87. The van der Waals surface area contributed by atoms with Gasteiger partial charge in [-0.3, -0.25) is 0 Å². The van der Waals surface area contributed by atoms with Crippen LogP contribution in [0.1, 0.15) is 0 Å². The first-order chi connectivity index (χ1) is 3.86. The quantitative estimate of drug-likeness (QED) is 0.359. The first-order valence-electron chi connectivity index (χ1n) is 2.17. The summed E-state index contributed by atoms with van der Waals surface area (Å²) in [5.41, 5.74) is 0. The fraction of sp³-hybridized carbons (Fsp3) is 1.00. The van der Waals surface area contributed by atoms with Crippen molar-refractivity contribution in [2.45, 2.75) is 9.88 Å². The predicted molar refractivity (Wildman–Crippen MR) is 43.6 cm³/mol. The molecule has 0 aromatic rings. The number of halogens is 6. The van der Waals surface area contributed by atoms with Gasteiger partial charge in [0.1, 0.15) is 0 Å². The van der Waals surface area contributed by atoms with Gasteiger partial charge >= 0.3 is 64.0 Å². The van der Waals surface area contributed by atoms with E-state index in [2.05, 4.69) is 9.88 Å². The van der Waals surface area contributed by atoms with Crippen LogP contribution in [0, 0.1) is 0 Å². The zero-order chi connectivity index (χ0) is 9.12. The third-order valence-corrected chi connectivity index (χ3v) is 0. The van der Waals surface area contributed by atoms with Crippen LogP contribution < -0.4 is 0 Å². The number of rotatable bonds is 0. The predicted octanol–water partition coefficient (Wildman–Crippen LogP) is 3.96. The third kappa shape index (κ3) is 625. The van der Waals surface area contributed by atoms with Gasteiger partial charge in [-0.1, -0.05) is 0 Å². The molecule has 0 aliphatic rings. The second-order valence-electron chi connectivity index (χ2n) is 1.54. The summed E-state index contributed by atoms with van der Waals surface area (Å²) >= 11 is 0.110. The van der Waals surface area contributed by atoms with Crippen molar-refractivity contribution in [3.8, 4) is 0 Å². The summed E-state index contributed by atoms with van der Waals surface area (Å²) in [6.07, 6.45) is 0. The van der Waals surface area contributed by atoms with E-state index in [9.17, 15) is 25.2 Å². The molecule has 0 aliphatic carbocycles. The van der Waals surface area contributed by atoms with E-state index in [-0.39, 0.29) is 31.0 Å². The van der Waals surface area contributed by atoms with E-state index in [0.717, 1.165) is 0 Å². The van der Waals surface area contributed by atoms with Gasteiger partial charge in [0.15, 0.2) is 0 Å². The van der Waals surface area contributed by atoms with Gasteiger partial charge in [-0.05, 0) is 0 Å². The Morgan fingerprint density at radius 2 is 0.818 bits per heavy atom. The first-order valence-corrected chi connectivity index (χ1v) is 10.8. The molecule has 9 heteroatoms. The van der Waals surface area contributed by atoms with E-state index in [1.807, 2.05) is 0 Å². The third-order valence-electron chi connectivity index (χ3n) is 0. The second kappa shape index (κ2) is 3.96. The molecule has 0 aliphatic heterocycles. The fourth-order valence-corrected chi connectivity index (χ4v) is 0. The standard InChI is InChI=1S/2CH3.F6P.H3P.Sn.H/c;;1-7(2,3,4,5)6;;;/h2*1H3;;1H3;;/q;;-1;;;. The Balaban J connectivity index is -0.000000140. The maximum absolute atomic E-state index is 10.7. The van der Waals surface area contributed by atoms with Gasteiger partial charge in [-0.25, -0.2) is 0 Å². The summed E-state index contributed by atoms with van der Waals surface area (Å²) in [7, 11) is -10.7. The Labute approximate surface area is 74.2 Å². The molecule has 0 aromatic carbocycles. The molecule has 0 spiro atoms. The molecule has 0 heterocycles. The molecule has 0 bridgehead atoms. The molecule has 0 nitrogen and oxygen atoms in total. The average molecular weight is 329 g/mol. The van der Waals surface area contributed by atoms with Crippen molar-refractivity contribution in [1.29, 1.82) is 0 Å². The molecule has 75 valence electrons. The Kier molecular flexibility index (Phi) is 6.53. The molecule has 0 aromatic heterocycles. The van der Waals surface area contributed by atoms with Crippen molar-refractivity contribution >= 4 is 38.8 Å². The SMILES string of the molecule is F[P-](F)(F)(F)(F)F.P.[CH3][SnH][CH3]. The summed E-state index contributed by atoms with van der Waals surface area (Å²) in [4.78, 5) is 4.63. The molecule has 0 saturated carbocycles. The average Bonchev–Trinajstić information content (AvgIpc) is 1.20. The van der Waals surface area contributed by atoms with Gasteiger partial charge < -0.3 is 0 Å². The summed E-state index contributed by atoms with van der Waals surface area (Å²) in [6, 6.07) is 0. The molecular weight excluding hydrogens is 319 g/mol. The molecule has 1 unspecified atom stereocenters. The van der Waals surface area contributed by atoms with E-state index >= 15 is 0 Å². The topological polar surface area (TPSA) is 0 Å². The van der Waals surface area contributed by atoms with Crippen LogP contribution in [0.25, 0.3) is 0 Å². The molecule has 1 radical (unpaired) electrons. The van der Waals surface area contributed by atoms with Crippen LogP contribution in [0.15, 0.2) is 0 Å². The van der Waals surface area contributed by atoms with Crippen LogP contribution >= 0.6 is 17.7 Å². The molecule has 0 rings (SSSR count). The monoisotopic (exact) mass is 330 g/mol. The van der Waals surface area contributed by atoms with E-state index in [4.69, 9.17) is 0 Å². The molecule has 0 saturated heterocycles. The number of hydrogen-bond acceptors (Lipinski definition) is 0. The molecule has 0 fully saturated rings. The summed E-state index contributed by atoms with van der Waals surface area (Å²) in [6.45, 7) is 0. The van der Waals surface area contributed by atoms with Crippen LogP contribution in [0.3, 0.4) is 0 Å². The van der Waals surface area contributed by atoms with Gasteiger partial charge in [0.2, 0.25) is 0 Å². The van der Waals surface area contributed by atoms with Crippen molar-refractivity contribution in [3.05, 3.63) is 0 Å². The van der Waals surface area contributed by atoms with Gasteiger partial charge in [0.05, 0.1) is 0 Å². The minimum absolute atomic E-state index is 0. The molecular formula is C2H10F6P2Sn-. The van der Waals surface area contributed by atoms with Crippen LogP contribution in [0.2, 0.25) is 9.88 Å². The van der Waals surface area contributed by atoms with Gasteiger partial charge in [0, 0.05) is 0 Å². The summed E-state index contributed by atoms with van der Waals surface area (Å²) < 4.78 is 59.2. The van der Waals surface area contributed by atoms with Crippen LogP contribution in [0.5, 0.6) is 0 Å². The van der Waals surface area contributed by atoms with Crippen molar-refractivity contribution in [2.24, 2.45) is 0 Å². The zero-order valence-electron chi connectivity index (χ0n) is 6.00. The molecule has 1 atom stereocenters. The zero-order valence-corrected chi connectivity index (χ0v) is 11.6. The normalized spacial score (nSPS) is 16.4.